The summed E-state index contributed by atoms with van der Waals surface area (Å²) in [7, 11) is 2.86. The number of anilines is 2. The molecule has 1 aliphatic heterocycles. The quantitative estimate of drug-likeness (QED) is 0.321. The molecule has 14 heteroatoms. The number of nitrogens with zero attached hydrogens (tertiary/aromatic N) is 3. The second-order valence-corrected chi connectivity index (χ2v) is 12.7. The number of furan rings is 1. The van der Waals surface area contributed by atoms with E-state index >= 15 is 0 Å². The van der Waals surface area contributed by atoms with Crippen LogP contribution in [0.4, 0.5) is 29.3 Å². The van der Waals surface area contributed by atoms with Crippen LogP contribution in [0.3, 0.4) is 0 Å². The number of benzene rings is 1. The largest absolute Gasteiger partial charge is 0.494 e. The number of carbonyl (C=O) groups is 3. The lowest BCUT2D eigenvalue weighted by Gasteiger charge is -2.34. The number of amides is 3. The minimum absolute atomic E-state index is 0.0205. The zero-order valence-electron chi connectivity index (χ0n) is 25.9. The Balaban J connectivity index is 1.38. The summed E-state index contributed by atoms with van der Waals surface area (Å²) >= 11 is 0. The molecule has 1 atom stereocenters. The lowest BCUT2D eigenvalue weighted by atomic mass is 10.0. The number of nitrogens with two attached hydrogens (primary N) is 1. The van der Waals surface area contributed by atoms with Crippen molar-refractivity contribution in [1.82, 2.24) is 14.8 Å². The molecule has 2 aliphatic rings. The highest BCUT2D eigenvalue weighted by atomic mass is 19.4. The number of rotatable bonds is 7. The van der Waals surface area contributed by atoms with E-state index in [0.29, 0.717) is 25.9 Å². The van der Waals surface area contributed by atoms with Crippen LogP contribution in [0.2, 0.25) is 0 Å². The second kappa shape index (κ2) is 11.9. The monoisotopic (exact) mass is 633 g/mol. The van der Waals surface area contributed by atoms with Crippen molar-refractivity contribution in [3.8, 4) is 5.75 Å². The van der Waals surface area contributed by atoms with Crippen molar-refractivity contribution in [2.24, 2.45) is 5.92 Å². The number of aromatic nitrogens is 1. The molecular weight excluding hydrogens is 595 g/mol. The molecule has 1 saturated heterocycles. The first-order valence-electron chi connectivity index (χ1n) is 14.8. The number of halogens is 3. The Morgan fingerprint density at radius 1 is 1.11 bits per heavy atom. The third kappa shape index (κ3) is 6.99. The van der Waals surface area contributed by atoms with Gasteiger partial charge in [-0.05, 0) is 76.6 Å². The summed E-state index contributed by atoms with van der Waals surface area (Å²) in [5.74, 6) is -1.59. The van der Waals surface area contributed by atoms with Gasteiger partial charge >= 0.3 is 12.3 Å². The Morgan fingerprint density at radius 3 is 2.44 bits per heavy atom. The number of nitrogen functional groups attached to an aromatic ring is 1. The maximum atomic E-state index is 13.8. The first-order valence-corrected chi connectivity index (χ1v) is 14.8. The number of methoxy groups -OCH3 is 1. The van der Waals surface area contributed by atoms with E-state index in [9.17, 15) is 27.6 Å². The predicted octanol–water partition coefficient (Wildman–Crippen LogP) is 5.66. The van der Waals surface area contributed by atoms with E-state index in [1.54, 1.807) is 25.7 Å². The Bertz CT molecular complexity index is 1620. The number of likely N-dealkylation sites (tertiary alicyclic amines) is 1. The Hall–Kier alpha value is -4.36. The molecule has 244 valence electrons. The molecule has 2 aromatic heterocycles. The zero-order valence-corrected chi connectivity index (χ0v) is 25.9. The van der Waals surface area contributed by atoms with Crippen molar-refractivity contribution in [2.45, 2.75) is 70.8 Å². The summed E-state index contributed by atoms with van der Waals surface area (Å²) in [6.45, 7) is 6.40. The lowest BCUT2D eigenvalue weighted by Crippen LogP contribution is -2.50. The number of carbonyl (C=O) groups excluding carboxylic acids is 3. The molecule has 45 heavy (non-hydrogen) atoms. The molecule has 0 radical (unpaired) electrons. The van der Waals surface area contributed by atoms with Crippen LogP contribution in [0.1, 0.15) is 73.1 Å². The molecule has 5 rings (SSSR count). The minimum atomic E-state index is -4.66. The highest BCUT2D eigenvalue weighted by Gasteiger charge is 2.37. The van der Waals surface area contributed by atoms with E-state index in [1.165, 1.54) is 41.8 Å². The standard InChI is InChI=1S/C31H38F3N5O6/c1-30(2,3)45-29(42)36-20-7-6-10-38(16-20)26(40)18-11-21(35)25(23(13-18)43-5)37(4)27(41)22-12-19-14-24(31(32,33)34)44-28(19)39(22)15-17-8-9-17/h11-14,17,20H,6-10,15-16,35H2,1-5H3,(H,36,42). The zero-order chi connectivity index (χ0) is 32.8. The number of ether oxygens (including phenoxy) is 2. The topological polar surface area (TPSA) is 132 Å². The first-order chi connectivity index (χ1) is 21.1. The lowest BCUT2D eigenvalue weighted by molar-refractivity contribution is -0.152. The van der Waals surface area contributed by atoms with Gasteiger partial charge in [0.15, 0.2) is 0 Å². The Kier molecular flexibility index (Phi) is 8.45. The third-order valence-corrected chi connectivity index (χ3v) is 7.85. The third-order valence-electron chi connectivity index (χ3n) is 7.85. The molecule has 0 bridgehead atoms. The van der Waals surface area contributed by atoms with Gasteiger partial charge in [-0.25, -0.2) is 4.79 Å². The Labute approximate surface area is 258 Å². The van der Waals surface area contributed by atoms with Crippen LogP contribution in [0.15, 0.2) is 28.7 Å². The van der Waals surface area contributed by atoms with E-state index in [-0.39, 0.29) is 63.9 Å². The summed E-state index contributed by atoms with van der Waals surface area (Å²) < 4.78 is 57.5. The average molecular weight is 634 g/mol. The van der Waals surface area contributed by atoms with Gasteiger partial charge in [0.2, 0.25) is 11.5 Å². The molecule has 3 N–H and O–H groups in total. The molecule has 1 unspecified atom stereocenters. The summed E-state index contributed by atoms with van der Waals surface area (Å²) in [5, 5.41) is 2.99. The minimum Gasteiger partial charge on any atom is -0.494 e. The molecule has 1 aliphatic carbocycles. The SMILES string of the molecule is COc1cc(C(=O)N2CCCC(NC(=O)OC(C)(C)C)C2)cc(N)c1N(C)C(=O)c1cc2cc(C(F)(F)F)oc2n1CC1CC1. The maximum absolute atomic E-state index is 13.8. The van der Waals surface area contributed by atoms with Crippen LogP contribution in [-0.2, 0) is 17.5 Å². The van der Waals surface area contributed by atoms with E-state index < -0.39 is 29.5 Å². The molecule has 11 nitrogen and oxygen atoms in total. The molecular formula is C31H38F3N5O6. The van der Waals surface area contributed by atoms with Gasteiger partial charge in [0.05, 0.1) is 12.8 Å². The van der Waals surface area contributed by atoms with Crippen molar-refractivity contribution in [3.05, 3.63) is 41.3 Å². The van der Waals surface area contributed by atoms with Crippen molar-refractivity contribution in [2.75, 3.05) is 37.9 Å². The number of fused-ring (bicyclic) bond motifs is 1. The van der Waals surface area contributed by atoms with Crippen molar-refractivity contribution < 1.29 is 41.4 Å². The average Bonchev–Trinajstić information content (AvgIpc) is 3.56. The predicted molar refractivity (Wildman–Crippen MR) is 160 cm³/mol. The number of alkyl carbamates (subject to hydrolysis) is 1. The van der Waals surface area contributed by atoms with Crippen LogP contribution in [0.25, 0.3) is 11.1 Å². The second-order valence-electron chi connectivity index (χ2n) is 12.7. The normalized spacial score (nSPS) is 17.3. The number of hydrogen-bond acceptors (Lipinski definition) is 7. The van der Waals surface area contributed by atoms with Gasteiger partial charge in [-0.1, -0.05) is 0 Å². The fourth-order valence-corrected chi connectivity index (χ4v) is 5.58. The summed E-state index contributed by atoms with van der Waals surface area (Å²) in [6, 6.07) is 4.93. The van der Waals surface area contributed by atoms with Crippen LogP contribution in [0.5, 0.6) is 5.75 Å². The first kappa shape index (κ1) is 32.0. The van der Waals surface area contributed by atoms with Gasteiger partial charge < -0.3 is 39.3 Å². The molecule has 2 fully saturated rings. The number of hydrogen-bond donors (Lipinski definition) is 2. The highest BCUT2D eigenvalue weighted by Crippen LogP contribution is 2.40. The molecule has 3 aromatic rings. The maximum Gasteiger partial charge on any atom is 0.449 e. The van der Waals surface area contributed by atoms with E-state index in [0.717, 1.165) is 18.9 Å². The number of alkyl halides is 3. The van der Waals surface area contributed by atoms with Crippen LogP contribution in [-0.4, -0.2) is 66.3 Å². The molecule has 1 saturated carbocycles. The van der Waals surface area contributed by atoms with Crippen molar-refractivity contribution in [3.63, 3.8) is 0 Å². The van der Waals surface area contributed by atoms with Gasteiger partial charge in [0, 0.05) is 43.7 Å². The molecule has 3 amide bonds. The molecule has 1 aromatic carbocycles. The van der Waals surface area contributed by atoms with Crippen LogP contribution in [0, 0.1) is 5.92 Å². The summed E-state index contributed by atoms with van der Waals surface area (Å²) in [4.78, 5) is 42.5. The van der Waals surface area contributed by atoms with Gasteiger partial charge in [-0.2, -0.15) is 13.2 Å². The van der Waals surface area contributed by atoms with Gasteiger partial charge in [-0.15, -0.1) is 0 Å². The summed E-state index contributed by atoms with van der Waals surface area (Å²) in [5.41, 5.74) is 6.42. The smallest absolute Gasteiger partial charge is 0.449 e. The van der Waals surface area contributed by atoms with Crippen LogP contribution < -0.4 is 20.7 Å². The molecule has 3 heterocycles. The van der Waals surface area contributed by atoms with Crippen LogP contribution >= 0.6 is 0 Å². The van der Waals surface area contributed by atoms with E-state index in [2.05, 4.69) is 5.32 Å². The van der Waals surface area contributed by atoms with Crippen molar-refractivity contribution in [1.29, 1.82) is 0 Å². The van der Waals surface area contributed by atoms with Gasteiger partial charge in [0.25, 0.3) is 11.8 Å². The van der Waals surface area contributed by atoms with Gasteiger partial charge in [-0.3, -0.25) is 9.59 Å². The number of piperidine rings is 1. The highest BCUT2D eigenvalue weighted by molar-refractivity contribution is 6.10. The fraction of sp³-hybridized carbons (Fsp3) is 0.516. The Morgan fingerprint density at radius 2 is 1.82 bits per heavy atom. The number of nitrogens with one attached hydrogen (secondary N) is 1. The van der Waals surface area contributed by atoms with Gasteiger partial charge in [0.1, 0.15) is 22.7 Å². The summed E-state index contributed by atoms with van der Waals surface area (Å²) in [6.07, 6.45) is -2.05. The molecule has 0 spiro atoms. The van der Waals surface area contributed by atoms with E-state index in [1.807, 2.05) is 0 Å². The van der Waals surface area contributed by atoms with E-state index in [4.69, 9.17) is 19.6 Å². The van der Waals surface area contributed by atoms with Crippen molar-refractivity contribution >= 4 is 40.4 Å². The fourth-order valence-electron chi connectivity index (χ4n) is 5.58.